The molecule has 1 N–H and O–H groups in total. The quantitative estimate of drug-likeness (QED) is 0.413. The number of aryl methyl sites for hydroxylation is 1. The first-order chi connectivity index (χ1) is 14.3. The minimum Gasteiger partial charge on any atom is -0.492 e. The van der Waals surface area contributed by atoms with Crippen LogP contribution in [0.2, 0.25) is 0 Å². The lowest BCUT2D eigenvalue weighted by Crippen LogP contribution is -2.28. The number of halogens is 3. The predicted molar refractivity (Wildman–Crippen MR) is 104 cm³/mol. The van der Waals surface area contributed by atoms with Crippen molar-refractivity contribution in [3.05, 3.63) is 71.4 Å². The van der Waals surface area contributed by atoms with Crippen LogP contribution in [-0.4, -0.2) is 29.2 Å². The number of alkyl halides is 3. The molecule has 3 aromatic rings. The summed E-state index contributed by atoms with van der Waals surface area (Å²) in [6.45, 7) is 2.02. The van der Waals surface area contributed by atoms with Gasteiger partial charge in [0, 0.05) is 11.8 Å². The van der Waals surface area contributed by atoms with E-state index < -0.39 is 11.7 Å². The molecular formula is C20H18F3N3O3S. The number of hydrogen-bond acceptors (Lipinski definition) is 6. The average molecular weight is 437 g/mol. The number of aromatic nitrogens is 2. The number of amides is 1. The van der Waals surface area contributed by atoms with Gasteiger partial charge in [0.2, 0.25) is 5.89 Å². The highest BCUT2D eigenvalue weighted by Gasteiger charge is 2.30. The lowest BCUT2D eigenvalue weighted by Gasteiger charge is -2.11. The van der Waals surface area contributed by atoms with Gasteiger partial charge in [0.15, 0.2) is 5.82 Å². The van der Waals surface area contributed by atoms with E-state index in [2.05, 4.69) is 15.5 Å². The molecule has 0 aliphatic heterocycles. The van der Waals surface area contributed by atoms with Gasteiger partial charge in [0.1, 0.15) is 12.4 Å². The standard InChI is InChI=1S/C20H18F3N3O3S/c1-13-25-18(26-29-13)12-30-17-5-3-2-4-16(17)19(27)24-10-11-28-15-8-6-14(7-9-15)20(21,22)23/h2-9H,10-12H2,1H3,(H,24,27). The Morgan fingerprint density at radius 3 is 2.57 bits per heavy atom. The molecule has 1 aromatic heterocycles. The van der Waals surface area contributed by atoms with Gasteiger partial charge in [-0.3, -0.25) is 4.79 Å². The minimum atomic E-state index is -4.39. The maximum Gasteiger partial charge on any atom is 0.416 e. The molecule has 0 spiro atoms. The van der Waals surface area contributed by atoms with E-state index in [9.17, 15) is 18.0 Å². The molecule has 10 heteroatoms. The first kappa shape index (κ1) is 21.7. The first-order valence-corrected chi connectivity index (χ1v) is 9.91. The van der Waals surface area contributed by atoms with Crippen LogP contribution in [0.4, 0.5) is 13.2 Å². The van der Waals surface area contributed by atoms with Crippen molar-refractivity contribution in [2.75, 3.05) is 13.2 Å². The van der Waals surface area contributed by atoms with Crippen molar-refractivity contribution in [2.45, 2.75) is 23.7 Å². The molecular weight excluding hydrogens is 419 g/mol. The van der Waals surface area contributed by atoms with Gasteiger partial charge in [0.05, 0.1) is 23.4 Å². The number of thioether (sulfide) groups is 1. The van der Waals surface area contributed by atoms with Crippen molar-refractivity contribution in [2.24, 2.45) is 0 Å². The van der Waals surface area contributed by atoms with Crippen molar-refractivity contribution in [1.82, 2.24) is 15.5 Å². The highest BCUT2D eigenvalue weighted by atomic mass is 32.2. The van der Waals surface area contributed by atoms with Crippen molar-refractivity contribution < 1.29 is 27.2 Å². The summed E-state index contributed by atoms with van der Waals surface area (Å²) in [6, 6.07) is 11.5. The van der Waals surface area contributed by atoms with Gasteiger partial charge >= 0.3 is 6.18 Å². The third kappa shape index (κ3) is 5.99. The molecule has 0 aliphatic rings. The molecule has 0 saturated carbocycles. The Morgan fingerprint density at radius 1 is 1.17 bits per heavy atom. The first-order valence-electron chi connectivity index (χ1n) is 8.92. The van der Waals surface area contributed by atoms with E-state index >= 15 is 0 Å². The van der Waals surface area contributed by atoms with Gasteiger partial charge in [-0.15, -0.1) is 11.8 Å². The van der Waals surface area contributed by atoms with E-state index in [1.807, 2.05) is 12.1 Å². The lowest BCUT2D eigenvalue weighted by atomic mass is 10.2. The van der Waals surface area contributed by atoms with Crippen LogP contribution in [0.1, 0.15) is 27.6 Å². The van der Waals surface area contributed by atoms with Crippen molar-refractivity contribution in [3.63, 3.8) is 0 Å². The van der Waals surface area contributed by atoms with Gasteiger partial charge in [-0.25, -0.2) is 0 Å². The summed E-state index contributed by atoms with van der Waals surface area (Å²) in [7, 11) is 0. The largest absolute Gasteiger partial charge is 0.492 e. The molecule has 0 fully saturated rings. The zero-order chi connectivity index (χ0) is 21.6. The van der Waals surface area contributed by atoms with E-state index in [1.54, 1.807) is 19.1 Å². The molecule has 0 bridgehead atoms. The third-order valence-electron chi connectivity index (χ3n) is 3.90. The van der Waals surface area contributed by atoms with Crippen LogP contribution in [-0.2, 0) is 11.9 Å². The zero-order valence-corrected chi connectivity index (χ0v) is 16.7. The van der Waals surface area contributed by atoms with Crippen LogP contribution in [0.15, 0.2) is 57.9 Å². The Labute approximate surface area is 174 Å². The summed E-state index contributed by atoms with van der Waals surface area (Å²) < 4.78 is 48.0. The van der Waals surface area contributed by atoms with E-state index in [-0.39, 0.29) is 19.1 Å². The molecule has 158 valence electrons. The number of nitrogens with one attached hydrogen (secondary N) is 1. The number of carbonyl (C=O) groups excluding carboxylic acids is 1. The lowest BCUT2D eigenvalue weighted by molar-refractivity contribution is -0.137. The van der Waals surface area contributed by atoms with Crippen LogP contribution < -0.4 is 10.1 Å². The van der Waals surface area contributed by atoms with Gasteiger partial charge in [-0.05, 0) is 36.4 Å². The smallest absolute Gasteiger partial charge is 0.416 e. The van der Waals surface area contributed by atoms with Crippen LogP contribution >= 0.6 is 11.8 Å². The summed E-state index contributed by atoms with van der Waals surface area (Å²) in [4.78, 5) is 17.4. The average Bonchev–Trinajstić information content (AvgIpc) is 3.14. The van der Waals surface area contributed by atoms with Crippen LogP contribution in [0.25, 0.3) is 0 Å². The SMILES string of the molecule is Cc1nc(CSc2ccccc2C(=O)NCCOc2ccc(C(F)(F)F)cc2)no1. The number of nitrogens with zero attached hydrogens (tertiary/aromatic N) is 2. The topological polar surface area (TPSA) is 77.2 Å². The third-order valence-corrected chi connectivity index (χ3v) is 4.97. The molecule has 3 rings (SSSR count). The molecule has 0 saturated heterocycles. The second-order valence-electron chi connectivity index (χ2n) is 6.14. The Kier molecular flexibility index (Phi) is 6.99. The van der Waals surface area contributed by atoms with Crippen LogP contribution in [0.3, 0.4) is 0 Å². The highest BCUT2D eigenvalue weighted by molar-refractivity contribution is 7.98. The zero-order valence-electron chi connectivity index (χ0n) is 15.9. The maximum absolute atomic E-state index is 12.6. The minimum absolute atomic E-state index is 0.120. The number of carbonyl (C=O) groups is 1. The molecule has 0 atom stereocenters. The second-order valence-corrected chi connectivity index (χ2v) is 7.16. The van der Waals surface area contributed by atoms with Crippen molar-refractivity contribution >= 4 is 17.7 Å². The molecule has 0 aliphatic carbocycles. The monoisotopic (exact) mass is 437 g/mol. The maximum atomic E-state index is 12.6. The number of benzene rings is 2. The Bertz CT molecular complexity index is 991. The highest BCUT2D eigenvalue weighted by Crippen LogP contribution is 2.30. The molecule has 2 aromatic carbocycles. The molecule has 30 heavy (non-hydrogen) atoms. The van der Waals surface area contributed by atoms with E-state index in [4.69, 9.17) is 9.26 Å². The van der Waals surface area contributed by atoms with E-state index in [0.29, 0.717) is 28.8 Å². The van der Waals surface area contributed by atoms with E-state index in [0.717, 1.165) is 17.0 Å². The van der Waals surface area contributed by atoms with Gasteiger partial charge < -0.3 is 14.6 Å². The van der Waals surface area contributed by atoms with Crippen LogP contribution in [0, 0.1) is 6.92 Å². The van der Waals surface area contributed by atoms with Crippen molar-refractivity contribution in [1.29, 1.82) is 0 Å². The second kappa shape index (κ2) is 9.66. The van der Waals surface area contributed by atoms with Gasteiger partial charge in [-0.1, -0.05) is 17.3 Å². The van der Waals surface area contributed by atoms with Crippen LogP contribution in [0.5, 0.6) is 5.75 Å². The van der Waals surface area contributed by atoms with Crippen molar-refractivity contribution in [3.8, 4) is 5.75 Å². The Morgan fingerprint density at radius 2 is 1.90 bits per heavy atom. The summed E-state index contributed by atoms with van der Waals surface area (Å²) >= 11 is 1.41. The molecule has 0 radical (unpaired) electrons. The summed E-state index contributed by atoms with van der Waals surface area (Å²) in [5.74, 6) is 1.49. The number of ether oxygens (including phenoxy) is 1. The van der Waals surface area contributed by atoms with Gasteiger partial charge in [0.25, 0.3) is 5.91 Å². The molecule has 1 heterocycles. The van der Waals surface area contributed by atoms with E-state index in [1.165, 1.54) is 23.9 Å². The Hall–Kier alpha value is -3.01. The molecule has 1 amide bonds. The molecule has 0 unspecified atom stereocenters. The number of hydrogen-bond donors (Lipinski definition) is 1. The molecule has 6 nitrogen and oxygen atoms in total. The summed E-state index contributed by atoms with van der Waals surface area (Å²) in [5, 5.41) is 6.57. The Balaban J connectivity index is 1.49. The van der Waals surface area contributed by atoms with Gasteiger partial charge in [-0.2, -0.15) is 18.2 Å². The predicted octanol–water partition coefficient (Wildman–Crippen LogP) is 4.50. The fraction of sp³-hybridized carbons (Fsp3) is 0.250. The number of rotatable bonds is 8. The summed E-state index contributed by atoms with van der Waals surface area (Å²) in [6.07, 6.45) is -4.39. The fourth-order valence-corrected chi connectivity index (χ4v) is 3.38. The fourth-order valence-electron chi connectivity index (χ4n) is 2.49. The summed E-state index contributed by atoms with van der Waals surface area (Å²) in [5.41, 5.74) is -0.245. The normalized spacial score (nSPS) is 11.3.